The van der Waals surface area contributed by atoms with Crippen LogP contribution in [-0.4, -0.2) is 35.9 Å². The van der Waals surface area contributed by atoms with E-state index in [1.165, 1.54) is 45.8 Å². The first kappa shape index (κ1) is 23.8. The number of hydrogen-bond donors (Lipinski definition) is 0. The number of fused-ring (bicyclic) bond motifs is 1. The number of benzene rings is 1. The third-order valence-electron chi connectivity index (χ3n) is 8.20. The van der Waals surface area contributed by atoms with Crippen LogP contribution >= 0.6 is 0 Å². The van der Waals surface area contributed by atoms with Gasteiger partial charge in [0.05, 0.1) is 12.8 Å². The lowest BCUT2D eigenvalue weighted by molar-refractivity contribution is 0.348. The molecular weight excluding hydrogens is 432 g/mol. The van der Waals surface area contributed by atoms with E-state index in [-0.39, 0.29) is 5.41 Å². The highest BCUT2D eigenvalue weighted by molar-refractivity contribution is 5.92. The predicted molar refractivity (Wildman–Crippen MR) is 145 cm³/mol. The summed E-state index contributed by atoms with van der Waals surface area (Å²) in [6, 6.07) is 8.43. The molecule has 0 spiro atoms. The third kappa shape index (κ3) is 4.91. The van der Waals surface area contributed by atoms with Gasteiger partial charge < -0.3 is 9.64 Å². The molecule has 1 fully saturated rings. The highest BCUT2D eigenvalue weighted by Crippen LogP contribution is 2.40. The van der Waals surface area contributed by atoms with Gasteiger partial charge in [0.25, 0.3) is 0 Å². The van der Waals surface area contributed by atoms with Crippen molar-refractivity contribution < 1.29 is 4.74 Å². The predicted octanol–water partition coefficient (Wildman–Crippen LogP) is 6.89. The van der Waals surface area contributed by atoms with Crippen LogP contribution in [0.15, 0.2) is 46.9 Å². The van der Waals surface area contributed by atoms with Gasteiger partial charge in [-0.1, -0.05) is 30.7 Å². The van der Waals surface area contributed by atoms with E-state index in [0.29, 0.717) is 0 Å². The molecule has 3 heterocycles. The van der Waals surface area contributed by atoms with E-state index in [4.69, 9.17) is 14.7 Å². The second-order valence-electron chi connectivity index (χ2n) is 10.7. The maximum Gasteiger partial charge on any atom is 0.139 e. The van der Waals surface area contributed by atoms with Gasteiger partial charge in [0.2, 0.25) is 0 Å². The Labute approximate surface area is 210 Å². The van der Waals surface area contributed by atoms with Crippen LogP contribution in [0, 0.1) is 5.41 Å². The van der Waals surface area contributed by atoms with Gasteiger partial charge in [0, 0.05) is 35.5 Å². The zero-order chi connectivity index (χ0) is 24.4. The van der Waals surface area contributed by atoms with Crippen molar-refractivity contribution in [3.8, 4) is 5.75 Å². The lowest BCUT2D eigenvalue weighted by Gasteiger charge is -2.41. The monoisotopic (exact) mass is 470 g/mol. The lowest BCUT2D eigenvalue weighted by Crippen LogP contribution is -2.43. The molecule has 1 aromatic heterocycles. The first-order valence-electron chi connectivity index (χ1n) is 13.1. The first-order valence-corrected chi connectivity index (χ1v) is 13.1. The molecular formula is C30H38N4O. The molecule has 0 bridgehead atoms. The summed E-state index contributed by atoms with van der Waals surface area (Å²) in [5.41, 5.74) is 9.23. The SMILES string of the molecule is COc1ccc(C2=C(C)N=C(C3(C)CCN(c4ncnc5c4C=C(C)CCC5)CC3)CCC2)cc1. The van der Waals surface area contributed by atoms with Gasteiger partial charge in [-0.25, -0.2) is 9.97 Å². The number of nitrogens with zero attached hydrogens (tertiary/aromatic N) is 4. The Balaban J connectivity index is 1.36. The maximum atomic E-state index is 5.34. The molecule has 2 aliphatic heterocycles. The quantitative estimate of drug-likeness (QED) is 0.488. The van der Waals surface area contributed by atoms with Crippen molar-refractivity contribution in [2.24, 2.45) is 10.4 Å². The Morgan fingerprint density at radius 1 is 0.914 bits per heavy atom. The van der Waals surface area contributed by atoms with Crippen LogP contribution in [0.2, 0.25) is 0 Å². The molecule has 0 atom stereocenters. The number of methoxy groups -OCH3 is 1. The average molecular weight is 471 g/mol. The summed E-state index contributed by atoms with van der Waals surface area (Å²) in [4.78, 5) is 17.1. The van der Waals surface area contributed by atoms with Crippen LogP contribution in [0.3, 0.4) is 0 Å². The van der Waals surface area contributed by atoms with E-state index in [9.17, 15) is 0 Å². The minimum Gasteiger partial charge on any atom is -0.497 e. The second-order valence-corrected chi connectivity index (χ2v) is 10.7. The summed E-state index contributed by atoms with van der Waals surface area (Å²) in [7, 11) is 1.71. The van der Waals surface area contributed by atoms with Gasteiger partial charge in [-0.15, -0.1) is 0 Å². The number of piperidine rings is 1. The van der Waals surface area contributed by atoms with Gasteiger partial charge >= 0.3 is 0 Å². The number of aliphatic imine (C=N–C) groups is 1. The van der Waals surface area contributed by atoms with Crippen molar-refractivity contribution in [3.63, 3.8) is 0 Å². The van der Waals surface area contributed by atoms with Crippen molar-refractivity contribution in [3.05, 3.63) is 58.7 Å². The summed E-state index contributed by atoms with van der Waals surface area (Å²) in [5, 5.41) is 0. The fourth-order valence-corrected chi connectivity index (χ4v) is 5.90. The van der Waals surface area contributed by atoms with Gasteiger partial charge in [-0.3, -0.25) is 4.99 Å². The fourth-order valence-electron chi connectivity index (χ4n) is 5.90. The van der Waals surface area contributed by atoms with Crippen LogP contribution in [0.1, 0.15) is 82.5 Å². The highest BCUT2D eigenvalue weighted by atomic mass is 16.5. The maximum absolute atomic E-state index is 5.34. The van der Waals surface area contributed by atoms with Crippen LogP contribution in [0.4, 0.5) is 5.82 Å². The molecule has 0 saturated carbocycles. The number of anilines is 1. The second kappa shape index (κ2) is 9.96. The fraction of sp³-hybridized carbons (Fsp3) is 0.500. The van der Waals surface area contributed by atoms with Gasteiger partial charge in [-0.05, 0) is 88.5 Å². The van der Waals surface area contributed by atoms with Crippen LogP contribution < -0.4 is 9.64 Å². The van der Waals surface area contributed by atoms with Crippen molar-refractivity contribution in [2.45, 2.75) is 72.1 Å². The van der Waals surface area contributed by atoms with Crippen LogP contribution in [0.25, 0.3) is 11.6 Å². The van der Waals surface area contributed by atoms with E-state index in [1.54, 1.807) is 13.4 Å². The first-order chi connectivity index (χ1) is 17.0. The van der Waals surface area contributed by atoms with Gasteiger partial charge in [0.1, 0.15) is 17.9 Å². The van der Waals surface area contributed by atoms with Crippen LogP contribution in [-0.2, 0) is 6.42 Å². The molecule has 184 valence electrons. The Bertz CT molecular complexity index is 1170. The van der Waals surface area contributed by atoms with Crippen molar-refractivity contribution in [2.75, 3.05) is 25.1 Å². The summed E-state index contributed by atoms with van der Waals surface area (Å²) >= 11 is 0. The van der Waals surface area contributed by atoms with Gasteiger partial charge in [-0.2, -0.15) is 0 Å². The zero-order valence-corrected chi connectivity index (χ0v) is 21.7. The molecule has 1 saturated heterocycles. The summed E-state index contributed by atoms with van der Waals surface area (Å²) in [5.74, 6) is 2.02. The molecule has 0 radical (unpaired) electrons. The minimum atomic E-state index is 0.142. The van der Waals surface area contributed by atoms with E-state index >= 15 is 0 Å². The highest BCUT2D eigenvalue weighted by Gasteiger charge is 2.36. The topological polar surface area (TPSA) is 50.6 Å². The van der Waals surface area contributed by atoms with Crippen LogP contribution in [0.5, 0.6) is 5.75 Å². The molecule has 5 rings (SSSR count). The molecule has 0 N–H and O–H groups in total. The minimum absolute atomic E-state index is 0.142. The molecule has 2 aromatic rings. The number of allylic oxidation sites excluding steroid dienone is 3. The molecule has 1 aromatic carbocycles. The Kier molecular flexibility index (Phi) is 6.77. The van der Waals surface area contributed by atoms with E-state index < -0.39 is 0 Å². The molecule has 3 aliphatic rings. The van der Waals surface area contributed by atoms with Crippen molar-refractivity contribution in [1.29, 1.82) is 0 Å². The number of aryl methyl sites for hydroxylation is 1. The molecule has 0 amide bonds. The number of hydrogen-bond acceptors (Lipinski definition) is 5. The number of rotatable bonds is 4. The largest absolute Gasteiger partial charge is 0.497 e. The van der Waals surface area contributed by atoms with Crippen molar-refractivity contribution in [1.82, 2.24) is 9.97 Å². The Hall–Kier alpha value is -2.95. The lowest BCUT2D eigenvalue weighted by atomic mass is 9.74. The molecule has 0 unspecified atom stereocenters. The molecule has 5 heteroatoms. The van der Waals surface area contributed by atoms with E-state index in [2.05, 4.69) is 48.9 Å². The van der Waals surface area contributed by atoms with Crippen molar-refractivity contribution >= 4 is 23.2 Å². The molecule has 5 nitrogen and oxygen atoms in total. The number of ether oxygens (including phenoxy) is 1. The zero-order valence-electron chi connectivity index (χ0n) is 21.7. The van der Waals surface area contributed by atoms with Gasteiger partial charge in [0.15, 0.2) is 0 Å². The standard InChI is InChI=1S/C30H38N4O/c1-21-7-5-9-27-26(19-21)29(32-20-31-27)34-17-15-30(3,16-18-34)28-10-6-8-25(22(2)33-28)23-11-13-24(35-4)14-12-23/h11-14,19-20H,5-10,15-18H2,1-4H3. The third-order valence-corrected chi connectivity index (χ3v) is 8.20. The molecule has 35 heavy (non-hydrogen) atoms. The summed E-state index contributed by atoms with van der Waals surface area (Å²) in [6.07, 6.45) is 13.0. The smallest absolute Gasteiger partial charge is 0.139 e. The van der Waals surface area contributed by atoms with E-state index in [1.807, 2.05) is 12.1 Å². The number of aromatic nitrogens is 2. The molecule has 1 aliphatic carbocycles. The van der Waals surface area contributed by atoms with E-state index in [0.717, 1.165) is 69.6 Å². The summed E-state index contributed by atoms with van der Waals surface area (Å²) < 4.78 is 5.34. The summed E-state index contributed by atoms with van der Waals surface area (Å²) in [6.45, 7) is 8.88. The Morgan fingerprint density at radius 3 is 2.40 bits per heavy atom. The Morgan fingerprint density at radius 2 is 1.66 bits per heavy atom. The normalized spacial score (nSPS) is 20.4. The average Bonchev–Trinajstić information content (AvgIpc) is 3.19.